The maximum atomic E-state index is 11.2. The van der Waals surface area contributed by atoms with Crippen LogP contribution in [0.5, 0.6) is 0 Å². The Kier molecular flexibility index (Phi) is 3.87. The number of nitrogens with two attached hydrogens (primary N) is 1. The lowest BCUT2D eigenvalue weighted by Crippen LogP contribution is -2.38. The molecular weight excluding hydrogens is 252 g/mol. The maximum Gasteiger partial charge on any atom is 0.220 e. The molecule has 5 nitrogen and oxygen atoms in total. The van der Waals surface area contributed by atoms with E-state index in [0.717, 1.165) is 44.3 Å². The number of amides is 1. The standard InChI is InChI=1S/C15H22N4O/c16-15(20)12-5-7-19(8-6-12)14-4-1-11(10-18-14)9-17-13-2-3-13/h1,4,10,12-13,17H,2-3,5-9H2,(H2,16,20). The van der Waals surface area contributed by atoms with Crippen LogP contribution in [-0.2, 0) is 11.3 Å². The molecule has 1 aliphatic heterocycles. The lowest BCUT2D eigenvalue weighted by Gasteiger charge is -2.31. The molecule has 1 aromatic rings. The summed E-state index contributed by atoms with van der Waals surface area (Å²) in [4.78, 5) is 17.9. The number of rotatable bonds is 5. The summed E-state index contributed by atoms with van der Waals surface area (Å²) in [5, 5.41) is 3.49. The fourth-order valence-electron chi connectivity index (χ4n) is 2.65. The van der Waals surface area contributed by atoms with E-state index in [4.69, 9.17) is 5.73 Å². The van der Waals surface area contributed by atoms with E-state index in [1.807, 2.05) is 6.20 Å². The van der Waals surface area contributed by atoms with Crippen molar-refractivity contribution in [1.29, 1.82) is 0 Å². The molecule has 1 aliphatic carbocycles. The van der Waals surface area contributed by atoms with Crippen LogP contribution in [0.3, 0.4) is 0 Å². The van der Waals surface area contributed by atoms with Crippen LogP contribution in [0.4, 0.5) is 5.82 Å². The predicted octanol–water partition coefficient (Wildman–Crippen LogP) is 1.04. The van der Waals surface area contributed by atoms with Crippen molar-refractivity contribution in [1.82, 2.24) is 10.3 Å². The lowest BCUT2D eigenvalue weighted by molar-refractivity contribution is -0.122. The van der Waals surface area contributed by atoms with Crippen LogP contribution in [0.15, 0.2) is 18.3 Å². The Hall–Kier alpha value is -1.62. The number of nitrogens with one attached hydrogen (secondary N) is 1. The third-order valence-corrected chi connectivity index (χ3v) is 4.20. The number of pyridine rings is 1. The van der Waals surface area contributed by atoms with E-state index >= 15 is 0 Å². The first kappa shape index (κ1) is 13.4. The second kappa shape index (κ2) is 5.79. The largest absolute Gasteiger partial charge is 0.369 e. The highest BCUT2D eigenvalue weighted by molar-refractivity contribution is 5.76. The van der Waals surface area contributed by atoms with Gasteiger partial charge in [0.25, 0.3) is 0 Å². The molecule has 0 unspecified atom stereocenters. The van der Waals surface area contributed by atoms with E-state index < -0.39 is 0 Å². The van der Waals surface area contributed by atoms with Crippen molar-refractivity contribution in [3.05, 3.63) is 23.9 Å². The van der Waals surface area contributed by atoms with Gasteiger partial charge in [-0.15, -0.1) is 0 Å². The van der Waals surface area contributed by atoms with E-state index in [1.165, 1.54) is 18.4 Å². The van der Waals surface area contributed by atoms with Gasteiger partial charge in [0.2, 0.25) is 5.91 Å². The first-order chi connectivity index (χ1) is 9.72. The molecule has 0 radical (unpaired) electrons. The predicted molar refractivity (Wildman–Crippen MR) is 78.2 cm³/mol. The third-order valence-electron chi connectivity index (χ3n) is 4.20. The SMILES string of the molecule is NC(=O)C1CCN(c2ccc(CNC3CC3)cn2)CC1. The summed E-state index contributed by atoms with van der Waals surface area (Å²) in [6, 6.07) is 4.94. The highest BCUT2D eigenvalue weighted by atomic mass is 16.1. The number of nitrogens with zero attached hydrogens (tertiary/aromatic N) is 2. The summed E-state index contributed by atoms with van der Waals surface area (Å²) >= 11 is 0. The van der Waals surface area contributed by atoms with Gasteiger partial charge in [0.05, 0.1) is 0 Å². The van der Waals surface area contributed by atoms with Gasteiger partial charge in [0.1, 0.15) is 5.82 Å². The topological polar surface area (TPSA) is 71.2 Å². The van der Waals surface area contributed by atoms with E-state index in [2.05, 4.69) is 27.3 Å². The van der Waals surface area contributed by atoms with Crippen LogP contribution < -0.4 is 16.0 Å². The van der Waals surface area contributed by atoms with E-state index in [0.29, 0.717) is 0 Å². The second-order valence-corrected chi connectivity index (χ2v) is 5.84. The van der Waals surface area contributed by atoms with E-state index in [1.54, 1.807) is 0 Å². The van der Waals surface area contributed by atoms with Crippen molar-refractivity contribution in [2.75, 3.05) is 18.0 Å². The van der Waals surface area contributed by atoms with E-state index in [-0.39, 0.29) is 11.8 Å². The third kappa shape index (κ3) is 3.28. The van der Waals surface area contributed by atoms with Crippen LogP contribution in [0.1, 0.15) is 31.2 Å². The van der Waals surface area contributed by atoms with Gasteiger partial charge in [-0.25, -0.2) is 4.98 Å². The normalized spacial score (nSPS) is 20.1. The molecule has 0 spiro atoms. The molecule has 3 rings (SSSR count). The summed E-state index contributed by atoms with van der Waals surface area (Å²) < 4.78 is 0. The zero-order chi connectivity index (χ0) is 13.9. The van der Waals surface area contributed by atoms with Gasteiger partial charge in [-0.3, -0.25) is 4.79 Å². The van der Waals surface area contributed by atoms with Crippen molar-refractivity contribution < 1.29 is 4.79 Å². The molecular formula is C15H22N4O. The average molecular weight is 274 g/mol. The number of anilines is 1. The van der Waals surface area contributed by atoms with Gasteiger partial charge in [0.15, 0.2) is 0 Å². The molecule has 1 amide bonds. The Morgan fingerprint density at radius 2 is 2.05 bits per heavy atom. The van der Waals surface area contributed by atoms with Crippen LogP contribution in [0, 0.1) is 5.92 Å². The number of carbonyl (C=O) groups excluding carboxylic acids is 1. The molecule has 0 bridgehead atoms. The maximum absolute atomic E-state index is 11.2. The minimum atomic E-state index is -0.167. The number of hydrogen-bond acceptors (Lipinski definition) is 4. The first-order valence-corrected chi connectivity index (χ1v) is 7.45. The summed E-state index contributed by atoms with van der Waals surface area (Å²) in [6.07, 6.45) is 6.23. The summed E-state index contributed by atoms with van der Waals surface area (Å²) in [7, 11) is 0. The van der Waals surface area contributed by atoms with Crippen molar-refractivity contribution in [3.8, 4) is 0 Å². The number of primary amides is 1. The monoisotopic (exact) mass is 274 g/mol. The molecule has 3 N–H and O–H groups in total. The van der Waals surface area contributed by atoms with Gasteiger partial charge in [-0.05, 0) is 37.3 Å². The summed E-state index contributed by atoms with van der Waals surface area (Å²) in [5.74, 6) is 0.871. The number of carbonyl (C=O) groups is 1. The first-order valence-electron chi connectivity index (χ1n) is 7.45. The van der Waals surface area contributed by atoms with Crippen molar-refractivity contribution >= 4 is 11.7 Å². The molecule has 0 atom stereocenters. The van der Waals surface area contributed by atoms with Gasteiger partial charge < -0.3 is 16.0 Å². The molecule has 1 aromatic heterocycles. The van der Waals surface area contributed by atoms with Crippen molar-refractivity contribution in [2.24, 2.45) is 11.7 Å². The highest BCUT2D eigenvalue weighted by Crippen LogP contribution is 2.22. The van der Waals surface area contributed by atoms with Crippen molar-refractivity contribution in [2.45, 2.75) is 38.3 Å². The molecule has 20 heavy (non-hydrogen) atoms. The molecule has 0 aromatic carbocycles. The molecule has 1 saturated heterocycles. The average Bonchev–Trinajstić information content (AvgIpc) is 3.30. The number of hydrogen-bond donors (Lipinski definition) is 2. The Balaban J connectivity index is 1.53. The summed E-state index contributed by atoms with van der Waals surface area (Å²) in [6.45, 7) is 2.63. The fourth-order valence-corrected chi connectivity index (χ4v) is 2.65. The molecule has 108 valence electrons. The number of aromatic nitrogens is 1. The second-order valence-electron chi connectivity index (χ2n) is 5.84. The van der Waals surface area contributed by atoms with Gasteiger partial charge in [0, 0.05) is 37.8 Å². The summed E-state index contributed by atoms with van der Waals surface area (Å²) in [5.41, 5.74) is 6.58. The zero-order valence-corrected chi connectivity index (χ0v) is 11.7. The van der Waals surface area contributed by atoms with Crippen molar-refractivity contribution in [3.63, 3.8) is 0 Å². The van der Waals surface area contributed by atoms with Crippen LogP contribution in [0.2, 0.25) is 0 Å². The molecule has 2 aliphatic rings. The minimum Gasteiger partial charge on any atom is -0.369 e. The molecule has 1 saturated carbocycles. The highest BCUT2D eigenvalue weighted by Gasteiger charge is 2.24. The Labute approximate surface area is 119 Å². The number of piperidine rings is 1. The Morgan fingerprint density at radius 1 is 1.30 bits per heavy atom. The minimum absolute atomic E-state index is 0.0354. The zero-order valence-electron chi connectivity index (χ0n) is 11.7. The molecule has 2 fully saturated rings. The fraction of sp³-hybridized carbons (Fsp3) is 0.600. The smallest absolute Gasteiger partial charge is 0.220 e. The van der Waals surface area contributed by atoms with Crippen LogP contribution in [0.25, 0.3) is 0 Å². The quantitative estimate of drug-likeness (QED) is 0.841. The van der Waals surface area contributed by atoms with Gasteiger partial charge in [-0.2, -0.15) is 0 Å². The Bertz CT molecular complexity index is 461. The Morgan fingerprint density at radius 3 is 2.60 bits per heavy atom. The molecule has 2 heterocycles. The lowest BCUT2D eigenvalue weighted by atomic mass is 9.96. The van der Waals surface area contributed by atoms with Gasteiger partial charge in [-0.1, -0.05) is 6.07 Å². The van der Waals surface area contributed by atoms with Gasteiger partial charge >= 0.3 is 0 Å². The molecule has 5 heteroatoms. The van der Waals surface area contributed by atoms with E-state index in [9.17, 15) is 4.79 Å². The van der Waals surface area contributed by atoms with Crippen LogP contribution >= 0.6 is 0 Å². The van der Waals surface area contributed by atoms with Crippen LogP contribution in [-0.4, -0.2) is 30.0 Å².